The summed E-state index contributed by atoms with van der Waals surface area (Å²) in [5.41, 5.74) is 18.6. The molecular formula is C58H40N4O2S. The highest BCUT2D eigenvalue weighted by Crippen LogP contribution is 2.45. The highest BCUT2D eigenvalue weighted by Gasteiger charge is 2.21. The lowest BCUT2D eigenvalue weighted by molar-refractivity contribution is 0.602. The number of benzene rings is 8. The van der Waals surface area contributed by atoms with Crippen molar-refractivity contribution in [3.05, 3.63) is 211 Å². The molecule has 4 aromatic heterocycles. The first kappa shape index (κ1) is 38.4. The molecule has 6 nitrogen and oxygen atoms in total. The van der Waals surface area contributed by atoms with E-state index in [0.717, 1.165) is 66.5 Å². The van der Waals surface area contributed by atoms with E-state index in [9.17, 15) is 0 Å². The Balaban J connectivity index is 1.01. The fourth-order valence-corrected chi connectivity index (χ4v) is 10.8. The van der Waals surface area contributed by atoms with Gasteiger partial charge in [-0.25, -0.2) is 4.99 Å². The number of amidine groups is 2. The first-order valence-corrected chi connectivity index (χ1v) is 22.5. The van der Waals surface area contributed by atoms with Crippen molar-refractivity contribution in [3.63, 3.8) is 0 Å². The maximum atomic E-state index is 7.14. The fourth-order valence-electron chi connectivity index (χ4n) is 9.56. The zero-order chi connectivity index (χ0) is 43.6. The van der Waals surface area contributed by atoms with Gasteiger partial charge in [0.2, 0.25) is 0 Å². The van der Waals surface area contributed by atoms with Gasteiger partial charge in [-0.2, -0.15) is 0 Å². The summed E-state index contributed by atoms with van der Waals surface area (Å²) >= 11 is 1.84. The van der Waals surface area contributed by atoms with E-state index in [1.807, 2.05) is 91.1 Å². The molecule has 4 heterocycles. The highest BCUT2D eigenvalue weighted by atomic mass is 32.1. The molecule has 0 bridgehead atoms. The van der Waals surface area contributed by atoms with Crippen molar-refractivity contribution >= 4 is 110 Å². The van der Waals surface area contributed by atoms with Crippen LogP contribution in [0.1, 0.15) is 34.9 Å². The highest BCUT2D eigenvalue weighted by molar-refractivity contribution is 7.26. The topological polar surface area (TPSA) is 81.9 Å². The number of nitrogens with zero attached hydrogens (tertiary/aromatic N) is 3. The molecule has 0 atom stereocenters. The van der Waals surface area contributed by atoms with Gasteiger partial charge in [-0.05, 0) is 78.2 Å². The van der Waals surface area contributed by atoms with Crippen LogP contribution in [0.25, 0.3) is 104 Å². The summed E-state index contributed by atoms with van der Waals surface area (Å²) < 4.78 is 17.9. The predicted octanol–water partition coefficient (Wildman–Crippen LogP) is 15.5. The Morgan fingerprint density at radius 1 is 0.662 bits per heavy atom. The minimum Gasteiger partial charge on any atom is -0.456 e. The summed E-state index contributed by atoms with van der Waals surface area (Å²) in [5.74, 6) is 1.51. The van der Waals surface area contributed by atoms with Crippen LogP contribution in [-0.2, 0) is 6.54 Å². The SMILES string of the molecule is C=Cc1c(/C=C\C)oc2c(C(=NCc3ccccc3)N=C(N)c3cccc4oc5ccc(-c6cccc7sc8c(-n9c%10ccccc%10c%10ccccc%109)cccc8c67)cc5c34)cccc12. The second-order valence-corrected chi connectivity index (χ2v) is 17.2. The first-order valence-electron chi connectivity index (χ1n) is 21.7. The van der Waals surface area contributed by atoms with Gasteiger partial charge in [0.1, 0.15) is 28.3 Å². The minimum atomic E-state index is 0.320. The maximum Gasteiger partial charge on any atom is 0.161 e. The van der Waals surface area contributed by atoms with E-state index in [1.54, 1.807) is 0 Å². The Bertz CT molecular complexity index is 3920. The molecule has 0 aliphatic heterocycles. The van der Waals surface area contributed by atoms with Crippen LogP contribution >= 0.6 is 11.3 Å². The van der Waals surface area contributed by atoms with Gasteiger partial charge in [-0.1, -0.05) is 140 Å². The van der Waals surface area contributed by atoms with Crippen LogP contribution in [0.2, 0.25) is 0 Å². The number of furan rings is 2. The Kier molecular flexibility index (Phi) is 9.17. The van der Waals surface area contributed by atoms with Gasteiger partial charge in [-0.3, -0.25) is 4.99 Å². The van der Waals surface area contributed by atoms with Crippen LogP contribution in [-0.4, -0.2) is 16.2 Å². The predicted molar refractivity (Wildman–Crippen MR) is 275 cm³/mol. The van der Waals surface area contributed by atoms with Crippen molar-refractivity contribution in [3.8, 4) is 16.8 Å². The van der Waals surface area contributed by atoms with E-state index in [4.69, 9.17) is 24.6 Å². The number of aromatic nitrogens is 1. The molecule has 0 radical (unpaired) electrons. The zero-order valence-electron chi connectivity index (χ0n) is 35.5. The third-order valence-corrected chi connectivity index (χ3v) is 13.6. The standard InChI is InChI=1S/C58H40N4O2S/c1-3-16-49-37(4-2)41-22-12-25-44(55(41)64-49)58(60-34-35-17-6-5-7-18-35)61-57(59)43-24-14-29-51-53(43)45-33-36(31-32-50(45)63-51)38-21-15-30-52-54(38)42-23-13-28-48(56(42)65-52)62-46-26-10-8-19-39(46)40-20-9-11-27-47(40)62/h3-33H,2,34H2,1H3,(H2,59,60,61)/b16-3-. The van der Waals surface area contributed by atoms with Crippen LogP contribution in [0.4, 0.5) is 0 Å². The van der Waals surface area contributed by atoms with E-state index in [2.05, 4.69) is 126 Å². The first-order chi connectivity index (χ1) is 32.1. The number of thiophene rings is 1. The molecule has 310 valence electrons. The van der Waals surface area contributed by atoms with Crippen LogP contribution in [0, 0.1) is 0 Å². The number of allylic oxidation sites excluding steroid dienone is 1. The van der Waals surface area contributed by atoms with E-state index in [0.29, 0.717) is 23.8 Å². The summed E-state index contributed by atoms with van der Waals surface area (Å²) in [4.78, 5) is 10.2. The van der Waals surface area contributed by atoms with Crippen molar-refractivity contribution in [2.75, 3.05) is 0 Å². The monoisotopic (exact) mass is 856 g/mol. The molecule has 0 fully saturated rings. The molecule has 0 unspecified atom stereocenters. The summed E-state index contributed by atoms with van der Waals surface area (Å²) in [6.45, 7) is 6.46. The van der Waals surface area contributed by atoms with E-state index >= 15 is 0 Å². The maximum absolute atomic E-state index is 7.14. The van der Waals surface area contributed by atoms with Crippen LogP contribution in [0.3, 0.4) is 0 Å². The van der Waals surface area contributed by atoms with Crippen molar-refractivity contribution < 1.29 is 8.83 Å². The summed E-state index contributed by atoms with van der Waals surface area (Å²) in [5, 5.41) is 7.73. The van der Waals surface area contributed by atoms with Crippen molar-refractivity contribution in [2.24, 2.45) is 15.7 Å². The number of hydrogen-bond donors (Lipinski definition) is 1. The quantitative estimate of drug-likeness (QED) is 0.122. The second-order valence-electron chi connectivity index (χ2n) is 16.2. The summed E-state index contributed by atoms with van der Waals surface area (Å²) in [6, 6.07) is 59.3. The summed E-state index contributed by atoms with van der Waals surface area (Å²) in [6.07, 6.45) is 5.73. The van der Waals surface area contributed by atoms with E-state index in [-0.39, 0.29) is 0 Å². The second kappa shape index (κ2) is 15.5. The smallest absolute Gasteiger partial charge is 0.161 e. The normalized spacial score (nSPS) is 12.7. The molecule has 65 heavy (non-hydrogen) atoms. The van der Waals surface area contributed by atoms with Gasteiger partial charge in [0.15, 0.2) is 5.84 Å². The molecule has 0 amide bonds. The molecule has 0 spiro atoms. The Morgan fingerprint density at radius 2 is 1.37 bits per heavy atom. The lowest BCUT2D eigenvalue weighted by Gasteiger charge is -2.10. The molecule has 12 rings (SSSR count). The van der Waals surface area contributed by atoms with Gasteiger partial charge in [0, 0.05) is 53.5 Å². The molecule has 8 aromatic carbocycles. The molecule has 0 saturated heterocycles. The lowest BCUT2D eigenvalue weighted by Crippen LogP contribution is -2.17. The molecule has 7 heteroatoms. The van der Waals surface area contributed by atoms with Crippen molar-refractivity contribution in [2.45, 2.75) is 13.5 Å². The Labute approximate surface area is 378 Å². The third kappa shape index (κ3) is 6.23. The molecule has 0 aliphatic rings. The van der Waals surface area contributed by atoms with Gasteiger partial charge in [-0.15, -0.1) is 11.3 Å². The zero-order valence-corrected chi connectivity index (χ0v) is 36.3. The number of hydrogen-bond acceptors (Lipinski definition) is 4. The molecule has 12 aromatic rings. The van der Waals surface area contributed by atoms with E-state index in [1.165, 1.54) is 47.7 Å². The number of fused-ring (bicyclic) bond motifs is 10. The van der Waals surface area contributed by atoms with Gasteiger partial charge < -0.3 is 19.1 Å². The van der Waals surface area contributed by atoms with Crippen LogP contribution in [0.15, 0.2) is 201 Å². The van der Waals surface area contributed by atoms with Gasteiger partial charge in [0.05, 0.1) is 33.5 Å². The number of rotatable bonds is 8. The molecule has 0 aliphatic carbocycles. The van der Waals surface area contributed by atoms with Crippen LogP contribution in [0.5, 0.6) is 0 Å². The lowest BCUT2D eigenvalue weighted by atomic mass is 9.97. The Hall–Kier alpha value is -8.26. The largest absolute Gasteiger partial charge is 0.456 e. The van der Waals surface area contributed by atoms with Crippen molar-refractivity contribution in [1.29, 1.82) is 0 Å². The van der Waals surface area contributed by atoms with Crippen LogP contribution < -0.4 is 5.73 Å². The average molecular weight is 857 g/mol. The number of nitrogens with two attached hydrogens (primary N) is 1. The fraction of sp³-hybridized carbons (Fsp3) is 0.0345. The molecular weight excluding hydrogens is 817 g/mol. The van der Waals surface area contributed by atoms with Crippen molar-refractivity contribution in [1.82, 2.24) is 4.57 Å². The third-order valence-electron chi connectivity index (χ3n) is 12.4. The number of para-hydroxylation sites is 3. The minimum absolute atomic E-state index is 0.320. The van der Waals surface area contributed by atoms with Gasteiger partial charge >= 0.3 is 0 Å². The van der Waals surface area contributed by atoms with Gasteiger partial charge in [0.25, 0.3) is 0 Å². The Morgan fingerprint density at radius 3 is 2.17 bits per heavy atom. The average Bonchev–Trinajstić information content (AvgIpc) is 4.11. The van der Waals surface area contributed by atoms with E-state index < -0.39 is 0 Å². The summed E-state index contributed by atoms with van der Waals surface area (Å²) in [7, 11) is 0. The molecule has 2 N–H and O–H groups in total. The molecule has 0 saturated carbocycles. The number of aliphatic imine (C=N–C) groups is 2.